The van der Waals surface area contributed by atoms with Gasteiger partial charge in [-0.1, -0.05) is 23.4 Å². The van der Waals surface area contributed by atoms with Crippen LogP contribution >= 0.6 is 23.4 Å². The van der Waals surface area contributed by atoms with Crippen molar-refractivity contribution in [1.29, 1.82) is 0 Å². The number of thioether (sulfide) groups is 1. The Kier molecular flexibility index (Phi) is 8.26. The molecule has 1 saturated heterocycles. The van der Waals surface area contributed by atoms with Crippen LogP contribution in [0.25, 0.3) is 5.70 Å². The van der Waals surface area contributed by atoms with Crippen molar-refractivity contribution in [1.82, 2.24) is 5.32 Å². The molecule has 0 spiro atoms. The third-order valence-corrected chi connectivity index (χ3v) is 5.92. The van der Waals surface area contributed by atoms with E-state index in [0.717, 1.165) is 23.9 Å². The molecule has 1 heterocycles. The largest absolute Gasteiger partial charge is 0.397 e. The zero-order valence-corrected chi connectivity index (χ0v) is 17.8. The monoisotopic (exact) mass is 494 g/mol. The van der Waals surface area contributed by atoms with Crippen molar-refractivity contribution in [3.05, 3.63) is 70.4 Å². The number of nitrogens with one attached hydrogen (secondary N) is 1. The minimum absolute atomic E-state index is 0.0225. The summed E-state index contributed by atoms with van der Waals surface area (Å²) in [5.41, 5.74) is 4.88. The molecule has 0 saturated carbocycles. The van der Waals surface area contributed by atoms with Crippen molar-refractivity contribution in [2.75, 3.05) is 13.2 Å². The molecule has 1 aliphatic heterocycles. The number of benzene rings is 2. The van der Waals surface area contributed by atoms with Crippen LogP contribution in [0.5, 0.6) is 0 Å². The van der Waals surface area contributed by atoms with E-state index >= 15 is 0 Å². The highest BCUT2D eigenvalue weighted by molar-refractivity contribution is 7.99. The van der Waals surface area contributed by atoms with Crippen LogP contribution in [0.2, 0.25) is 5.02 Å². The van der Waals surface area contributed by atoms with Crippen LogP contribution in [-0.2, 0) is 9.47 Å². The highest BCUT2D eigenvalue weighted by Crippen LogP contribution is 2.34. The van der Waals surface area contributed by atoms with Crippen molar-refractivity contribution >= 4 is 29.1 Å². The molecule has 1 aliphatic rings. The number of nitrogens with two attached hydrogens (primary N) is 1. The maximum absolute atomic E-state index is 13.4. The van der Waals surface area contributed by atoms with Gasteiger partial charge >= 0.3 is 0 Å². The average Bonchev–Trinajstić information content (AvgIpc) is 2.75. The molecule has 174 valence electrons. The molecule has 5 N–H and O–H groups in total. The smallest absolute Gasteiger partial charge is 0.194 e. The normalized spacial score (nSPS) is 23.9. The summed E-state index contributed by atoms with van der Waals surface area (Å²) in [4.78, 5) is 0.551. The van der Waals surface area contributed by atoms with E-state index in [-0.39, 0.29) is 22.8 Å². The lowest BCUT2D eigenvalue weighted by Crippen LogP contribution is -2.52. The van der Waals surface area contributed by atoms with Gasteiger partial charge in [-0.05, 0) is 30.3 Å². The molecule has 3 rings (SSSR count). The van der Waals surface area contributed by atoms with Crippen LogP contribution in [0.4, 0.5) is 17.6 Å². The Bertz CT molecular complexity index is 977. The molecule has 2 aromatic carbocycles. The number of hydrogen-bond donors (Lipinski definition) is 4. The van der Waals surface area contributed by atoms with E-state index < -0.39 is 53.8 Å². The molecule has 3 unspecified atom stereocenters. The molecule has 1 fully saturated rings. The molecule has 0 bridgehead atoms. The van der Waals surface area contributed by atoms with Crippen LogP contribution < -0.4 is 11.1 Å². The van der Waals surface area contributed by atoms with Crippen LogP contribution in [0.1, 0.15) is 5.56 Å². The van der Waals surface area contributed by atoms with Crippen LogP contribution in [0.3, 0.4) is 0 Å². The molecule has 0 aromatic heterocycles. The summed E-state index contributed by atoms with van der Waals surface area (Å²) in [6, 6.07) is 5.56. The zero-order valence-electron chi connectivity index (χ0n) is 16.3. The van der Waals surface area contributed by atoms with Crippen molar-refractivity contribution in [2.45, 2.75) is 28.8 Å². The second kappa shape index (κ2) is 10.7. The first-order valence-corrected chi connectivity index (χ1v) is 10.5. The summed E-state index contributed by atoms with van der Waals surface area (Å²) in [6.07, 6.45) is -1.98. The molecular weight excluding hydrogens is 476 g/mol. The summed E-state index contributed by atoms with van der Waals surface area (Å²) in [5.74, 6) is -4.95. The highest BCUT2D eigenvalue weighted by atomic mass is 35.5. The van der Waals surface area contributed by atoms with E-state index in [1.54, 1.807) is 0 Å². The maximum Gasteiger partial charge on any atom is 0.194 e. The van der Waals surface area contributed by atoms with Gasteiger partial charge in [0.1, 0.15) is 23.5 Å². The standard InChI is InChI=1S/C20H19ClF4N2O4S/c21-11-5-10(1-2-12(11)22)32-20-16(30-19(29)17(8-28)31-20)7-27-6-15(26)9-3-13(23)18(25)14(24)4-9/h1-6,16-17,19-20,27-29H,7-8,26H2/b15-6-/t16-,17?,19?,20?/m0/s1. The van der Waals surface area contributed by atoms with Crippen molar-refractivity contribution in [3.8, 4) is 0 Å². The van der Waals surface area contributed by atoms with E-state index in [1.807, 2.05) is 0 Å². The minimum atomic E-state index is -1.60. The summed E-state index contributed by atoms with van der Waals surface area (Å²) < 4.78 is 64.5. The average molecular weight is 495 g/mol. The van der Waals surface area contributed by atoms with E-state index in [9.17, 15) is 27.8 Å². The summed E-state index contributed by atoms with van der Waals surface area (Å²) >= 11 is 6.93. The number of ether oxygens (including phenoxy) is 2. The third-order valence-electron chi connectivity index (χ3n) is 4.46. The van der Waals surface area contributed by atoms with Gasteiger partial charge in [0.15, 0.2) is 23.7 Å². The maximum atomic E-state index is 13.4. The summed E-state index contributed by atoms with van der Waals surface area (Å²) in [7, 11) is 0. The predicted molar refractivity (Wildman–Crippen MR) is 110 cm³/mol. The Hall–Kier alpha value is -2.02. The lowest BCUT2D eigenvalue weighted by molar-refractivity contribution is -0.270. The third kappa shape index (κ3) is 5.85. The lowest BCUT2D eigenvalue weighted by atomic mass is 10.1. The topological polar surface area (TPSA) is 97.0 Å². The minimum Gasteiger partial charge on any atom is -0.397 e. The fourth-order valence-corrected chi connectivity index (χ4v) is 4.17. The van der Waals surface area contributed by atoms with E-state index in [1.165, 1.54) is 24.4 Å². The van der Waals surface area contributed by atoms with Crippen LogP contribution in [0.15, 0.2) is 41.4 Å². The first kappa shape index (κ1) is 24.6. The van der Waals surface area contributed by atoms with Gasteiger partial charge in [-0.3, -0.25) is 0 Å². The second-order valence-electron chi connectivity index (χ2n) is 6.75. The molecule has 4 atom stereocenters. The molecule has 0 aliphatic carbocycles. The summed E-state index contributed by atoms with van der Waals surface area (Å²) in [5, 5.41) is 22.1. The quantitative estimate of drug-likeness (QED) is 0.347. The fraction of sp³-hybridized carbons (Fsp3) is 0.300. The van der Waals surface area contributed by atoms with Crippen LogP contribution in [-0.4, -0.2) is 47.3 Å². The van der Waals surface area contributed by atoms with Gasteiger partial charge in [-0.25, -0.2) is 17.6 Å². The Labute approximate surface area is 190 Å². The predicted octanol–water partition coefficient (Wildman–Crippen LogP) is 2.96. The second-order valence-corrected chi connectivity index (χ2v) is 8.33. The molecule has 2 aromatic rings. The fourth-order valence-electron chi connectivity index (χ4n) is 2.81. The van der Waals surface area contributed by atoms with Crippen molar-refractivity contribution in [2.24, 2.45) is 5.73 Å². The number of aliphatic hydroxyl groups is 2. The highest BCUT2D eigenvalue weighted by Gasteiger charge is 2.38. The SMILES string of the molecule is N/C(=C\NC[C@@H]1OC(O)C(CO)OC1Sc1ccc(F)c(Cl)c1)c1cc(F)c(F)c(F)c1. The first-order valence-electron chi connectivity index (χ1n) is 9.25. The molecule has 6 nitrogen and oxygen atoms in total. The van der Waals surface area contributed by atoms with Gasteiger partial charge < -0.3 is 30.7 Å². The van der Waals surface area contributed by atoms with E-state index in [4.69, 9.17) is 26.8 Å². The van der Waals surface area contributed by atoms with E-state index in [0.29, 0.717) is 4.90 Å². The Morgan fingerprint density at radius 2 is 1.78 bits per heavy atom. The van der Waals surface area contributed by atoms with E-state index in [2.05, 4.69) is 5.32 Å². The van der Waals surface area contributed by atoms with Gasteiger partial charge in [0, 0.05) is 23.2 Å². The summed E-state index contributed by atoms with van der Waals surface area (Å²) in [6.45, 7) is -0.480. The van der Waals surface area contributed by atoms with Crippen molar-refractivity contribution in [3.63, 3.8) is 0 Å². The van der Waals surface area contributed by atoms with Gasteiger partial charge in [-0.2, -0.15) is 0 Å². The molecular formula is C20H19ClF4N2O4S. The molecule has 0 amide bonds. The Balaban J connectivity index is 1.71. The molecule has 0 radical (unpaired) electrons. The van der Waals surface area contributed by atoms with Gasteiger partial charge in [-0.15, -0.1) is 0 Å². The van der Waals surface area contributed by atoms with Gasteiger partial charge in [0.05, 0.1) is 17.3 Å². The lowest BCUT2D eigenvalue weighted by Gasteiger charge is -2.38. The number of halogens is 5. The first-order chi connectivity index (χ1) is 15.2. The molecule has 32 heavy (non-hydrogen) atoms. The van der Waals surface area contributed by atoms with Gasteiger partial charge in [0.2, 0.25) is 0 Å². The molecule has 12 heteroatoms. The van der Waals surface area contributed by atoms with Crippen molar-refractivity contribution < 1.29 is 37.2 Å². The zero-order chi connectivity index (χ0) is 23.4. The number of hydrogen-bond acceptors (Lipinski definition) is 7. The number of rotatable bonds is 7. The van der Waals surface area contributed by atoms with Gasteiger partial charge in [0.25, 0.3) is 0 Å². The van der Waals surface area contributed by atoms with Crippen LogP contribution in [0, 0.1) is 23.3 Å². The Morgan fingerprint density at radius 1 is 1.09 bits per heavy atom. The Morgan fingerprint density at radius 3 is 2.41 bits per heavy atom. The number of aliphatic hydroxyl groups excluding tert-OH is 2.